The number of nitrogen functional groups attached to an aromatic ring is 1. The van der Waals surface area contributed by atoms with Crippen molar-refractivity contribution >= 4 is 28.8 Å². The molecule has 1 atom stereocenters. The normalized spacial score (nSPS) is 15.9. The number of hydrogen-bond donors (Lipinski definition) is 2. The van der Waals surface area contributed by atoms with Crippen LogP contribution in [0.4, 0.5) is 17.5 Å². The molecule has 4 rings (SSSR count). The summed E-state index contributed by atoms with van der Waals surface area (Å²) < 4.78 is 0. The van der Waals surface area contributed by atoms with Gasteiger partial charge in [0.25, 0.3) is 0 Å². The molecule has 0 aliphatic carbocycles. The number of fused-ring (bicyclic) bond motifs is 1. The number of nitrogens with two attached hydrogens (primary N) is 1. The van der Waals surface area contributed by atoms with Crippen LogP contribution < -0.4 is 10.6 Å². The zero-order chi connectivity index (χ0) is 17.6. The molecule has 0 spiro atoms. The maximum Gasteiger partial charge on any atom is 0.221 e. The van der Waals surface area contributed by atoms with E-state index >= 15 is 0 Å². The van der Waals surface area contributed by atoms with Gasteiger partial charge in [-0.1, -0.05) is 12.1 Å². The van der Waals surface area contributed by atoms with Crippen molar-refractivity contribution in [3.05, 3.63) is 57.7 Å². The number of aliphatic hydroxyl groups is 1. The minimum Gasteiger partial charge on any atom is -0.378 e. The summed E-state index contributed by atoms with van der Waals surface area (Å²) in [7, 11) is 0. The molecule has 25 heavy (non-hydrogen) atoms. The van der Waals surface area contributed by atoms with Crippen molar-refractivity contribution in [3.63, 3.8) is 0 Å². The van der Waals surface area contributed by atoms with Gasteiger partial charge in [-0.2, -0.15) is 4.98 Å². The first-order chi connectivity index (χ1) is 11.9. The summed E-state index contributed by atoms with van der Waals surface area (Å²) in [4.78, 5) is 15.8. The molecule has 0 amide bonds. The van der Waals surface area contributed by atoms with Gasteiger partial charge >= 0.3 is 0 Å². The molecule has 1 aromatic carbocycles. The van der Waals surface area contributed by atoms with Crippen LogP contribution in [0.25, 0.3) is 0 Å². The van der Waals surface area contributed by atoms with Gasteiger partial charge in [0.05, 0.1) is 0 Å². The van der Waals surface area contributed by atoms with Crippen LogP contribution in [-0.4, -0.2) is 26.6 Å². The highest BCUT2D eigenvalue weighted by Gasteiger charge is 2.31. The SMILES string of the molecule is Cc1cnc(C(C)(O)c2ccc3c(c2)N(c2ccnc(N)n2)CC3)s1. The quantitative estimate of drug-likeness (QED) is 0.753. The summed E-state index contributed by atoms with van der Waals surface area (Å²) >= 11 is 1.51. The second-order valence-corrected chi connectivity index (χ2v) is 7.60. The van der Waals surface area contributed by atoms with E-state index in [0.717, 1.165) is 34.9 Å². The molecule has 3 N–H and O–H groups in total. The largest absolute Gasteiger partial charge is 0.378 e. The highest BCUT2D eigenvalue weighted by atomic mass is 32.1. The molecule has 0 saturated carbocycles. The van der Waals surface area contributed by atoms with Gasteiger partial charge in [0.1, 0.15) is 16.4 Å². The Morgan fingerprint density at radius 3 is 2.84 bits per heavy atom. The Hall–Kier alpha value is -2.51. The number of benzene rings is 1. The molecule has 7 heteroatoms. The Labute approximate surface area is 150 Å². The Morgan fingerprint density at radius 1 is 1.28 bits per heavy atom. The van der Waals surface area contributed by atoms with E-state index in [2.05, 4.69) is 25.9 Å². The average Bonchev–Trinajstić information content (AvgIpc) is 3.20. The summed E-state index contributed by atoms with van der Waals surface area (Å²) in [5, 5.41) is 11.8. The van der Waals surface area contributed by atoms with E-state index < -0.39 is 5.60 Å². The van der Waals surface area contributed by atoms with Crippen LogP contribution in [-0.2, 0) is 12.0 Å². The molecular formula is C18H19N5OS. The lowest BCUT2D eigenvalue weighted by molar-refractivity contribution is 0.102. The number of aromatic nitrogens is 3. The van der Waals surface area contributed by atoms with Crippen LogP contribution in [0.2, 0.25) is 0 Å². The summed E-state index contributed by atoms with van der Waals surface area (Å²) in [6.07, 6.45) is 4.38. The third kappa shape index (κ3) is 2.75. The van der Waals surface area contributed by atoms with Crippen molar-refractivity contribution in [1.82, 2.24) is 15.0 Å². The number of thiazole rings is 1. The molecule has 1 aliphatic rings. The molecule has 2 aromatic heterocycles. The predicted molar refractivity (Wildman–Crippen MR) is 99.1 cm³/mol. The molecule has 0 bridgehead atoms. The van der Waals surface area contributed by atoms with E-state index in [0.29, 0.717) is 5.01 Å². The van der Waals surface area contributed by atoms with Crippen LogP contribution in [0.5, 0.6) is 0 Å². The minimum atomic E-state index is -1.13. The highest BCUT2D eigenvalue weighted by molar-refractivity contribution is 7.11. The van der Waals surface area contributed by atoms with Crippen molar-refractivity contribution in [1.29, 1.82) is 0 Å². The Bertz CT molecular complexity index is 937. The third-order valence-corrected chi connectivity index (χ3v) is 5.64. The zero-order valence-electron chi connectivity index (χ0n) is 14.1. The summed E-state index contributed by atoms with van der Waals surface area (Å²) in [5.41, 5.74) is 7.68. The van der Waals surface area contributed by atoms with Gasteiger partial charge in [0, 0.05) is 29.5 Å². The van der Waals surface area contributed by atoms with Gasteiger partial charge in [-0.15, -0.1) is 11.3 Å². The first-order valence-electron chi connectivity index (χ1n) is 8.10. The molecule has 3 heterocycles. The van der Waals surface area contributed by atoms with Gasteiger partial charge in [0.15, 0.2) is 0 Å². The molecule has 0 saturated heterocycles. The second kappa shape index (κ2) is 5.79. The van der Waals surface area contributed by atoms with Gasteiger partial charge in [-0.3, -0.25) is 0 Å². The number of nitrogens with zero attached hydrogens (tertiary/aromatic N) is 4. The predicted octanol–water partition coefficient (Wildman–Crippen LogP) is 2.77. The molecule has 6 nitrogen and oxygen atoms in total. The molecule has 0 radical (unpaired) electrons. The number of anilines is 3. The maximum absolute atomic E-state index is 11.1. The smallest absolute Gasteiger partial charge is 0.221 e. The molecule has 3 aromatic rings. The van der Waals surface area contributed by atoms with Crippen LogP contribution in [0.3, 0.4) is 0 Å². The summed E-state index contributed by atoms with van der Waals surface area (Å²) in [6, 6.07) is 7.93. The minimum absolute atomic E-state index is 0.257. The topological polar surface area (TPSA) is 88.2 Å². The molecule has 1 aliphatic heterocycles. The van der Waals surface area contributed by atoms with Gasteiger partial charge < -0.3 is 15.7 Å². The molecule has 0 fully saturated rings. The van der Waals surface area contributed by atoms with E-state index in [-0.39, 0.29) is 5.95 Å². The van der Waals surface area contributed by atoms with E-state index in [1.165, 1.54) is 16.9 Å². The van der Waals surface area contributed by atoms with Gasteiger partial charge in [0.2, 0.25) is 5.95 Å². The van der Waals surface area contributed by atoms with Crippen molar-refractivity contribution in [2.45, 2.75) is 25.9 Å². The fourth-order valence-corrected chi connectivity index (χ4v) is 3.97. The zero-order valence-corrected chi connectivity index (χ0v) is 14.9. The van der Waals surface area contributed by atoms with Crippen molar-refractivity contribution < 1.29 is 5.11 Å². The Balaban J connectivity index is 1.76. The van der Waals surface area contributed by atoms with Crippen molar-refractivity contribution in [2.75, 3.05) is 17.2 Å². The van der Waals surface area contributed by atoms with E-state index in [1.54, 1.807) is 19.3 Å². The number of rotatable bonds is 3. The van der Waals surface area contributed by atoms with E-state index in [4.69, 9.17) is 5.73 Å². The summed E-state index contributed by atoms with van der Waals surface area (Å²) in [5.74, 6) is 1.03. The Kier molecular flexibility index (Phi) is 3.70. The first kappa shape index (κ1) is 16.0. The van der Waals surface area contributed by atoms with Crippen LogP contribution in [0.15, 0.2) is 36.7 Å². The van der Waals surface area contributed by atoms with Crippen LogP contribution in [0, 0.1) is 6.92 Å². The van der Waals surface area contributed by atoms with Crippen molar-refractivity contribution in [2.24, 2.45) is 0 Å². The average molecular weight is 353 g/mol. The lowest BCUT2D eigenvalue weighted by atomic mass is 9.95. The second-order valence-electron chi connectivity index (χ2n) is 6.37. The van der Waals surface area contributed by atoms with Crippen molar-refractivity contribution in [3.8, 4) is 0 Å². The highest BCUT2D eigenvalue weighted by Crippen LogP contribution is 2.39. The monoisotopic (exact) mass is 353 g/mol. The van der Waals surface area contributed by atoms with Gasteiger partial charge in [-0.05, 0) is 43.5 Å². The first-order valence-corrected chi connectivity index (χ1v) is 8.91. The number of hydrogen-bond acceptors (Lipinski definition) is 7. The number of aryl methyl sites for hydroxylation is 1. The Morgan fingerprint density at radius 2 is 2.12 bits per heavy atom. The molecule has 1 unspecified atom stereocenters. The molecule has 128 valence electrons. The lowest BCUT2D eigenvalue weighted by Crippen LogP contribution is -2.23. The van der Waals surface area contributed by atoms with Crippen LogP contribution >= 0.6 is 11.3 Å². The standard InChI is InChI=1S/C18H19N5OS/c1-11-10-21-16(25-11)18(2,24)13-4-3-12-6-8-23(14(12)9-13)15-5-7-20-17(19)22-15/h3-5,7,9-10,24H,6,8H2,1-2H3,(H2,19,20,22). The van der Waals surface area contributed by atoms with E-state index in [1.807, 2.05) is 25.1 Å². The lowest BCUT2D eigenvalue weighted by Gasteiger charge is -2.24. The maximum atomic E-state index is 11.1. The van der Waals surface area contributed by atoms with Crippen LogP contribution in [0.1, 0.15) is 27.9 Å². The fourth-order valence-electron chi connectivity index (χ4n) is 3.14. The molecular weight excluding hydrogens is 334 g/mol. The summed E-state index contributed by atoms with van der Waals surface area (Å²) in [6.45, 7) is 4.60. The fraction of sp³-hybridized carbons (Fsp3) is 0.278. The van der Waals surface area contributed by atoms with E-state index in [9.17, 15) is 5.11 Å². The van der Waals surface area contributed by atoms with Gasteiger partial charge in [-0.25, -0.2) is 9.97 Å². The third-order valence-electron chi connectivity index (χ3n) is 4.52.